The fourth-order valence-corrected chi connectivity index (χ4v) is 4.42. The van der Waals surface area contributed by atoms with Crippen LogP contribution in [0, 0.1) is 0 Å². The Morgan fingerprint density at radius 2 is 1.88 bits per heavy atom. The maximum absolute atomic E-state index is 12.8. The highest BCUT2D eigenvalue weighted by atomic mass is 32.1. The molecule has 0 saturated carbocycles. The van der Waals surface area contributed by atoms with Crippen LogP contribution in [0.2, 0.25) is 0 Å². The average molecular weight is 450 g/mol. The monoisotopic (exact) mass is 449 g/mol. The molecule has 166 valence electrons. The van der Waals surface area contributed by atoms with Gasteiger partial charge in [0.2, 0.25) is 11.8 Å². The van der Waals surface area contributed by atoms with Crippen LogP contribution in [0.1, 0.15) is 11.1 Å². The fourth-order valence-electron chi connectivity index (χ4n) is 3.69. The minimum atomic E-state index is -0.0162. The first-order chi connectivity index (χ1) is 15.6. The molecular weight excluding hydrogens is 422 g/mol. The molecule has 8 heteroatoms. The van der Waals surface area contributed by atoms with Crippen LogP contribution in [-0.4, -0.2) is 71.2 Å². The molecule has 4 rings (SSSR count). The van der Waals surface area contributed by atoms with E-state index >= 15 is 0 Å². The molecule has 0 aliphatic carbocycles. The predicted molar refractivity (Wildman–Crippen MR) is 127 cm³/mol. The highest BCUT2D eigenvalue weighted by molar-refractivity contribution is 7.13. The number of hydrogen-bond donors (Lipinski definition) is 1. The van der Waals surface area contributed by atoms with Gasteiger partial charge in [-0.2, -0.15) is 5.10 Å². The lowest BCUT2D eigenvalue weighted by Gasteiger charge is -2.33. The minimum Gasteiger partial charge on any atom is -0.358 e. The number of thiophene rings is 1. The standard InChI is InChI=1S/C24H27N5O2S/c1-25-22(30)18-27-11-13-28(14-12-27)23(31)10-9-20-17-29(16-19-6-3-2-4-7-19)26-24(20)21-8-5-15-32-21/h2-10,15,17H,11-14,16,18H2,1H3,(H,25,30). The van der Waals surface area contributed by atoms with Gasteiger partial charge in [0.1, 0.15) is 5.69 Å². The predicted octanol–water partition coefficient (Wildman–Crippen LogP) is 2.56. The summed E-state index contributed by atoms with van der Waals surface area (Å²) in [6.07, 6.45) is 5.49. The van der Waals surface area contributed by atoms with Gasteiger partial charge in [-0.15, -0.1) is 11.3 Å². The van der Waals surface area contributed by atoms with Gasteiger partial charge in [-0.1, -0.05) is 36.4 Å². The lowest BCUT2D eigenvalue weighted by atomic mass is 10.2. The molecule has 1 aliphatic heterocycles. The van der Waals surface area contributed by atoms with Crippen LogP contribution in [0.4, 0.5) is 0 Å². The van der Waals surface area contributed by atoms with Gasteiger partial charge >= 0.3 is 0 Å². The summed E-state index contributed by atoms with van der Waals surface area (Å²) in [7, 11) is 1.64. The molecule has 3 heterocycles. The Hall–Kier alpha value is -3.23. The number of amides is 2. The Morgan fingerprint density at radius 3 is 2.56 bits per heavy atom. The number of rotatable bonds is 7. The van der Waals surface area contributed by atoms with Crippen molar-refractivity contribution in [2.45, 2.75) is 6.54 Å². The van der Waals surface area contributed by atoms with Crippen LogP contribution in [0.5, 0.6) is 0 Å². The van der Waals surface area contributed by atoms with Crippen LogP contribution in [0.15, 0.2) is 60.1 Å². The van der Waals surface area contributed by atoms with E-state index in [9.17, 15) is 9.59 Å². The molecule has 3 aromatic rings. The quantitative estimate of drug-likeness (QED) is 0.563. The maximum atomic E-state index is 12.8. The SMILES string of the molecule is CNC(=O)CN1CCN(C(=O)C=Cc2cn(Cc3ccccc3)nc2-c2cccs2)CC1. The fraction of sp³-hybridized carbons (Fsp3) is 0.292. The normalized spacial score (nSPS) is 14.7. The van der Waals surface area contributed by atoms with Crippen molar-refractivity contribution >= 4 is 29.2 Å². The summed E-state index contributed by atoms with van der Waals surface area (Å²) in [6.45, 7) is 3.68. The van der Waals surface area contributed by atoms with Crippen molar-refractivity contribution in [1.29, 1.82) is 0 Å². The Kier molecular flexibility index (Phi) is 7.14. The molecule has 0 atom stereocenters. The number of carbonyl (C=O) groups excluding carboxylic acids is 2. The van der Waals surface area contributed by atoms with Crippen LogP contribution >= 0.6 is 11.3 Å². The van der Waals surface area contributed by atoms with Crippen LogP contribution in [0.25, 0.3) is 16.6 Å². The van der Waals surface area contributed by atoms with E-state index < -0.39 is 0 Å². The zero-order valence-electron chi connectivity index (χ0n) is 18.1. The summed E-state index contributed by atoms with van der Waals surface area (Å²) < 4.78 is 1.92. The van der Waals surface area contributed by atoms with Crippen molar-refractivity contribution in [3.63, 3.8) is 0 Å². The van der Waals surface area contributed by atoms with Gasteiger partial charge in [0.05, 0.1) is 18.0 Å². The first kappa shape index (κ1) is 22.0. The second kappa shape index (κ2) is 10.4. The van der Waals surface area contributed by atoms with Crippen molar-refractivity contribution in [3.05, 3.63) is 71.2 Å². The second-order valence-electron chi connectivity index (χ2n) is 7.70. The van der Waals surface area contributed by atoms with Gasteiger partial charge in [0.25, 0.3) is 0 Å². The van der Waals surface area contributed by atoms with E-state index in [1.165, 1.54) is 5.56 Å². The molecule has 1 N–H and O–H groups in total. The Balaban J connectivity index is 1.44. The topological polar surface area (TPSA) is 70.5 Å². The summed E-state index contributed by atoms with van der Waals surface area (Å²) in [5.41, 5.74) is 2.99. The molecule has 32 heavy (non-hydrogen) atoms. The molecular formula is C24H27N5O2S. The van der Waals surface area contributed by atoms with E-state index in [1.54, 1.807) is 24.5 Å². The molecule has 1 aromatic carbocycles. The zero-order valence-corrected chi connectivity index (χ0v) is 18.9. The third kappa shape index (κ3) is 5.52. The second-order valence-corrected chi connectivity index (χ2v) is 8.65. The van der Waals surface area contributed by atoms with Gasteiger partial charge in [-0.3, -0.25) is 19.2 Å². The lowest BCUT2D eigenvalue weighted by Crippen LogP contribution is -2.50. The van der Waals surface area contributed by atoms with E-state index in [4.69, 9.17) is 5.10 Å². The lowest BCUT2D eigenvalue weighted by molar-refractivity contribution is -0.128. The molecule has 1 aliphatic rings. The van der Waals surface area contributed by atoms with Crippen LogP contribution < -0.4 is 5.32 Å². The number of benzene rings is 1. The van der Waals surface area contributed by atoms with Gasteiger partial charge in [-0.25, -0.2) is 0 Å². The number of likely N-dealkylation sites (N-methyl/N-ethyl adjacent to an activating group) is 1. The number of piperazine rings is 1. The number of hydrogen-bond acceptors (Lipinski definition) is 5. The summed E-state index contributed by atoms with van der Waals surface area (Å²) in [6, 6.07) is 14.3. The molecule has 2 aromatic heterocycles. The molecule has 0 bridgehead atoms. The van der Waals surface area contributed by atoms with Crippen molar-refractivity contribution in [2.75, 3.05) is 39.8 Å². The third-order valence-corrected chi connectivity index (χ3v) is 6.34. The van der Waals surface area contributed by atoms with Crippen molar-refractivity contribution in [2.24, 2.45) is 0 Å². The van der Waals surface area contributed by atoms with E-state index in [-0.39, 0.29) is 11.8 Å². The van der Waals surface area contributed by atoms with Gasteiger partial charge < -0.3 is 10.2 Å². The number of aromatic nitrogens is 2. The smallest absolute Gasteiger partial charge is 0.246 e. The van der Waals surface area contributed by atoms with Crippen LogP contribution in [-0.2, 0) is 16.1 Å². The Labute approximate surface area is 192 Å². The maximum Gasteiger partial charge on any atom is 0.246 e. The van der Waals surface area contributed by atoms with Crippen LogP contribution in [0.3, 0.4) is 0 Å². The first-order valence-electron chi connectivity index (χ1n) is 10.7. The molecule has 0 spiro atoms. The largest absolute Gasteiger partial charge is 0.358 e. The summed E-state index contributed by atoms with van der Waals surface area (Å²) >= 11 is 1.64. The van der Waals surface area contributed by atoms with Crippen molar-refractivity contribution in [3.8, 4) is 10.6 Å². The Bertz CT molecular complexity index is 1070. The molecule has 2 amide bonds. The molecule has 7 nitrogen and oxygen atoms in total. The minimum absolute atomic E-state index is 0.00158. The number of carbonyl (C=O) groups is 2. The molecule has 1 saturated heterocycles. The average Bonchev–Trinajstić information content (AvgIpc) is 3.48. The van der Waals surface area contributed by atoms with Gasteiger partial charge in [0.15, 0.2) is 0 Å². The van der Waals surface area contributed by atoms with Crippen molar-refractivity contribution < 1.29 is 9.59 Å². The number of nitrogens with zero attached hydrogens (tertiary/aromatic N) is 4. The van der Waals surface area contributed by atoms with Gasteiger partial charge in [-0.05, 0) is 23.1 Å². The Morgan fingerprint density at radius 1 is 1.09 bits per heavy atom. The third-order valence-electron chi connectivity index (χ3n) is 5.47. The summed E-state index contributed by atoms with van der Waals surface area (Å²) in [5, 5.41) is 9.46. The summed E-state index contributed by atoms with van der Waals surface area (Å²) in [4.78, 5) is 29.3. The van der Waals surface area contributed by atoms with Crippen molar-refractivity contribution in [1.82, 2.24) is 24.9 Å². The first-order valence-corrected chi connectivity index (χ1v) is 11.6. The van der Waals surface area contributed by atoms with Gasteiger partial charge in [0, 0.05) is 51.1 Å². The number of nitrogens with one attached hydrogen (secondary N) is 1. The summed E-state index contributed by atoms with van der Waals surface area (Å²) in [5.74, 6) is -0.0178. The highest BCUT2D eigenvalue weighted by Gasteiger charge is 2.21. The molecule has 0 radical (unpaired) electrons. The van der Waals surface area contributed by atoms with E-state index in [2.05, 4.69) is 22.3 Å². The highest BCUT2D eigenvalue weighted by Crippen LogP contribution is 2.28. The molecule has 1 fully saturated rings. The molecule has 0 unspecified atom stereocenters. The van der Waals surface area contributed by atoms with E-state index in [0.717, 1.165) is 16.1 Å². The van der Waals surface area contributed by atoms with E-state index in [0.29, 0.717) is 39.3 Å². The zero-order chi connectivity index (χ0) is 22.3. The van der Waals surface area contributed by atoms with E-state index in [1.807, 2.05) is 57.6 Å².